The zero-order valence-corrected chi connectivity index (χ0v) is 13.5. The summed E-state index contributed by atoms with van der Waals surface area (Å²) in [5.41, 5.74) is -1.03. The highest BCUT2D eigenvalue weighted by Crippen LogP contribution is 2.61. The molecule has 120 valence electrons. The van der Waals surface area contributed by atoms with E-state index in [1.807, 2.05) is 13.8 Å². The second kappa shape index (κ2) is 6.80. The number of hydrogen-bond acceptors (Lipinski definition) is 4. The first-order valence-corrected chi connectivity index (χ1v) is 8.47. The van der Waals surface area contributed by atoms with Crippen molar-refractivity contribution >= 4 is 11.9 Å². The lowest BCUT2D eigenvalue weighted by atomic mass is 9.65. The number of hydrogen-bond donors (Lipinski definition) is 0. The van der Waals surface area contributed by atoms with E-state index in [-0.39, 0.29) is 23.8 Å². The molecule has 0 radical (unpaired) electrons. The van der Waals surface area contributed by atoms with E-state index in [4.69, 9.17) is 9.47 Å². The number of esters is 2. The Morgan fingerprint density at radius 3 is 2.05 bits per heavy atom. The molecule has 3 atom stereocenters. The molecule has 4 heteroatoms. The molecule has 0 saturated heterocycles. The summed E-state index contributed by atoms with van der Waals surface area (Å²) in [6, 6.07) is 0. The standard InChI is InChI=1S/C17H28O4/c1-4-9-20-15(18)17(16(19)21-10-5-2)13-8-7-12(11-13)14(17)6-3/h12-14H,4-11H2,1-3H3. The largest absolute Gasteiger partial charge is 0.465 e. The number of ether oxygens (including phenoxy) is 2. The van der Waals surface area contributed by atoms with E-state index in [0.29, 0.717) is 19.1 Å². The van der Waals surface area contributed by atoms with Crippen LogP contribution >= 0.6 is 0 Å². The van der Waals surface area contributed by atoms with Crippen LogP contribution in [0.5, 0.6) is 0 Å². The van der Waals surface area contributed by atoms with E-state index in [2.05, 4.69) is 6.92 Å². The first-order valence-electron chi connectivity index (χ1n) is 8.47. The van der Waals surface area contributed by atoms with Gasteiger partial charge < -0.3 is 9.47 Å². The van der Waals surface area contributed by atoms with Gasteiger partial charge in [-0.3, -0.25) is 9.59 Å². The van der Waals surface area contributed by atoms with E-state index in [9.17, 15) is 9.59 Å². The van der Waals surface area contributed by atoms with Crippen molar-refractivity contribution in [2.45, 2.75) is 59.3 Å². The van der Waals surface area contributed by atoms with Crippen LogP contribution in [0.1, 0.15) is 59.3 Å². The molecular formula is C17H28O4. The van der Waals surface area contributed by atoms with Gasteiger partial charge in [0, 0.05) is 0 Å². The Morgan fingerprint density at radius 2 is 1.57 bits per heavy atom. The van der Waals surface area contributed by atoms with Crippen molar-refractivity contribution in [2.75, 3.05) is 13.2 Å². The molecule has 2 rings (SSSR count). The van der Waals surface area contributed by atoms with Gasteiger partial charge in [0.2, 0.25) is 0 Å². The fraction of sp³-hybridized carbons (Fsp3) is 0.882. The van der Waals surface area contributed by atoms with Crippen molar-refractivity contribution in [3.8, 4) is 0 Å². The van der Waals surface area contributed by atoms with Crippen molar-refractivity contribution in [1.29, 1.82) is 0 Å². The van der Waals surface area contributed by atoms with Crippen LogP contribution in [0.2, 0.25) is 0 Å². The fourth-order valence-electron chi connectivity index (χ4n) is 4.47. The smallest absolute Gasteiger partial charge is 0.324 e. The van der Waals surface area contributed by atoms with E-state index < -0.39 is 5.41 Å². The van der Waals surface area contributed by atoms with Gasteiger partial charge in [-0.1, -0.05) is 27.2 Å². The molecule has 4 nitrogen and oxygen atoms in total. The quantitative estimate of drug-likeness (QED) is 0.534. The van der Waals surface area contributed by atoms with Gasteiger partial charge in [-0.05, 0) is 49.9 Å². The lowest BCUT2D eigenvalue weighted by Crippen LogP contribution is -2.51. The first kappa shape index (κ1) is 16.3. The minimum absolute atomic E-state index is 0.0879. The summed E-state index contributed by atoms with van der Waals surface area (Å²) in [6.07, 6.45) is 5.44. The maximum absolute atomic E-state index is 12.8. The molecule has 0 amide bonds. The van der Waals surface area contributed by atoms with Gasteiger partial charge in [-0.25, -0.2) is 0 Å². The molecule has 0 aromatic heterocycles. The summed E-state index contributed by atoms with van der Waals surface area (Å²) in [6.45, 7) is 6.77. The lowest BCUT2D eigenvalue weighted by molar-refractivity contribution is -0.182. The Kier molecular flexibility index (Phi) is 5.28. The van der Waals surface area contributed by atoms with E-state index >= 15 is 0 Å². The summed E-state index contributed by atoms with van der Waals surface area (Å²) < 4.78 is 10.8. The second-order valence-electron chi connectivity index (χ2n) is 6.43. The van der Waals surface area contributed by atoms with Crippen LogP contribution < -0.4 is 0 Å². The second-order valence-corrected chi connectivity index (χ2v) is 6.43. The van der Waals surface area contributed by atoms with Crippen LogP contribution in [0, 0.1) is 23.2 Å². The van der Waals surface area contributed by atoms with Crippen molar-refractivity contribution in [3.05, 3.63) is 0 Å². The van der Waals surface area contributed by atoms with Gasteiger partial charge in [0.05, 0.1) is 13.2 Å². The molecule has 2 saturated carbocycles. The average Bonchev–Trinajstić information content (AvgIpc) is 3.09. The molecule has 21 heavy (non-hydrogen) atoms. The highest BCUT2D eigenvalue weighted by molar-refractivity contribution is 6.01. The molecule has 2 aliphatic rings. The molecule has 2 fully saturated rings. The van der Waals surface area contributed by atoms with Gasteiger partial charge in [0.15, 0.2) is 5.41 Å². The summed E-state index contributed by atoms with van der Waals surface area (Å²) in [4.78, 5) is 25.5. The van der Waals surface area contributed by atoms with Gasteiger partial charge in [-0.15, -0.1) is 0 Å². The Labute approximate surface area is 127 Å². The van der Waals surface area contributed by atoms with Gasteiger partial charge in [-0.2, -0.15) is 0 Å². The molecule has 3 unspecified atom stereocenters. The zero-order valence-electron chi connectivity index (χ0n) is 13.5. The van der Waals surface area contributed by atoms with E-state index in [1.165, 1.54) is 0 Å². The molecule has 0 heterocycles. The molecular weight excluding hydrogens is 268 g/mol. The normalized spacial score (nSPS) is 29.4. The Hall–Kier alpha value is -1.06. The van der Waals surface area contributed by atoms with Crippen LogP contribution in [-0.2, 0) is 19.1 Å². The highest BCUT2D eigenvalue weighted by atomic mass is 16.6. The van der Waals surface area contributed by atoms with Gasteiger partial charge >= 0.3 is 11.9 Å². The third kappa shape index (κ3) is 2.58. The third-order valence-electron chi connectivity index (χ3n) is 5.26. The van der Waals surface area contributed by atoms with Crippen molar-refractivity contribution < 1.29 is 19.1 Å². The SMILES string of the molecule is CCCOC(=O)C1(C(=O)OCCC)C2CCC(C2)C1CC. The predicted molar refractivity (Wildman–Crippen MR) is 79.5 cm³/mol. The van der Waals surface area contributed by atoms with Crippen LogP contribution in [0.4, 0.5) is 0 Å². The Bertz CT molecular complexity index is 370. The molecule has 0 aliphatic heterocycles. The molecule has 0 aromatic carbocycles. The van der Waals surface area contributed by atoms with Crippen LogP contribution in [0.25, 0.3) is 0 Å². The molecule has 0 spiro atoms. The van der Waals surface area contributed by atoms with Crippen molar-refractivity contribution in [1.82, 2.24) is 0 Å². The summed E-state index contributed by atoms with van der Waals surface area (Å²) in [5, 5.41) is 0. The minimum atomic E-state index is -1.03. The fourth-order valence-corrected chi connectivity index (χ4v) is 4.47. The summed E-state index contributed by atoms with van der Waals surface area (Å²) >= 11 is 0. The molecule has 0 N–H and O–H groups in total. The highest BCUT2D eigenvalue weighted by Gasteiger charge is 2.67. The maximum atomic E-state index is 12.8. The molecule has 2 aliphatic carbocycles. The summed E-state index contributed by atoms with van der Waals surface area (Å²) in [5.74, 6) is 0.0171. The van der Waals surface area contributed by atoms with Crippen LogP contribution in [0.15, 0.2) is 0 Å². The summed E-state index contributed by atoms with van der Waals surface area (Å²) in [7, 11) is 0. The number of rotatable bonds is 7. The lowest BCUT2D eigenvalue weighted by Gasteiger charge is -2.39. The van der Waals surface area contributed by atoms with Crippen LogP contribution in [-0.4, -0.2) is 25.2 Å². The minimum Gasteiger partial charge on any atom is -0.465 e. The monoisotopic (exact) mass is 296 g/mol. The van der Waals surface area contributed by atoms with Gasteiger partial charge in [0.1, 0.15) is 0 Å². The van der Waals surface area contributed by atoms with Crippen molar-refractivity contribution in [2.24, 2.45) is 23.2 Å². The Balaban J connectivity index is 2.29. The maximum Gasteiger partial charge on any atom is 0.324 e. The number of fused-ring (bicyclic) bond motifs is 2. The number of carbonyl (C=O) groups excluding carboxylic acids is 2. The van der Waals surface area contributed by atoms with E-state index in [0.717, 1.165) is 38.5 Å². The van der Waals surface area contributed by atoms with Gasteiger partial charge in [0.25, 0.3) is 0 Å². The predicted octanol–water partition coefficient (Wildman–Crippen LogP) is 3.34. The first-order chi connectivity index (χ1) is 10.1. The topological polar surface area (TPSA) is 52.6 Å². The molecule has 0 aromatic rings. The third-order valence-corrected chi connectivity index (χ3v) is 5.26. The Morgan fingerprint density at radius 1 is 1.00 bits per heavy atom. The number of carbonyl (C=O) groups is 2. The average molecular weight is 296 g/mol. The van der Waals surface area contributed by atoms with Crippen molar-refractivity contribution in [3.63, 3.8) is 0 Å². The molecule has 2 bridgehead atoms. The van der Waals surface area contributed by atoms with E-state index in [1.54, 1.807) is 0 Å². The zero-order chi connectivity index (χ0) is 15.5. The van der Waals surface area contributed by atoms with Crippen LogP contribution in [0.3, 0.4) is 0 Å².